The molecule has 40 heavy (non-hydrogen) atoms. The van der Waals surface area contributed by atoms with Gasteiger partial charge in [-0.15, -0.1) is 0 Å². The first-order valence-corrected chi connectivity index (χ1v) is 14.2. The number of carbonyl (C=O) groups excluding carboxylic acids is 3. The number of nitrogens with two attached hydrogens (primary N) is 3. The van der Waals surface area contributed by atoms with E-state index >= 15 is 0 Å². The summed E-state index contributed by atoms with van der Waals surface area (Å²) < 4.78 is 0. The Labute approximate surface area is 236 Å². The van der Waals surface area contributed by atoms with Gasteiger partial charge in [0.1, 0.15) is 12.1 Å². The Balaban J connectivity index is 0.000000236. The van der Waals surface area contributed by atoms with Crippen LogP contribution in [0.5, 0.6) is 0 Å². The molecule has 0 bridgehead atoms. The molecule has 1 saturated heterocycles. The van der Waals surface area contributed by atoms with Crippen LogP contribution in [0.1, 0.15) is 50.5 Å². The number of carbonyl (C=O) groups is 3. The van der Waals surface area contributed by atoms with E-state index in [1.165, 1.54) is 21.7 Å². The molecule has 9 nitrogen and oxygen atoms in total. The fourth-order valence-corrected chi connectivity index (χ4v) is 5.24. The molecule has 0 spiro atoms. The number of hydrogen-bond acceptors (Lipinski definition) is 6. The standard InChI is InChI=1S/C18H30N6O3.C13H12/c19-13(11-6-7-11)10-24(21)16(12-3-1-4-12)18(27)23-8-2-5-14(23)17(26)22-9-15(20)25;1-11-7-9-13(10-8-11)12-5-3-2-4-6-12/h10-12,14,16H,1-9,19,21H2,(H2,20,25)(H,22,26);2-10H,1H3/b13-10-;. The van der Waals surface area contributed by atoms with E-state index in [4.69, 9.17) is 17.3 Å². The van der Waals surface area contributed by atoms with Crippen LogP contribution in [-0.2, 0) is 14.4 Å². The third kappa shape index (κ3) is 7.63. The van der Waals surface area contributed by atoms with Crippen LogP contribution in [0, 0.1) is 18.8 Å². The Hall–Kier alpha value is -3.85. The number of hydrazine groups is 1. The average Bonchev–Trinajstić information content (AvgIpc) is 3.66. The van der Waals surface area contributed by atoms with Crippen LogP contribution in [0.3, 0.4) is 0 Å². The summed E-state index contributed by atoms with van der Waals surface area (Å²) in [6, 6.07) is 17.9. The number of allylic oxidation sites excluding steroid dienone is 1. The van der Waals surface area contributed by atoms with Crippen molar-refractivity contribution in [2.24, 2.45) is 29.1 Å². The Kier molecular flexibility index (Phi) is 9.82. The zero-order chi connectivity index (χ0) is 28.6. The number of rotatable bonds is 9. The number of primary amides is 1. The van der Waals surface area contributed by atoms with Gasteiger partial charge < -0.3 is 26.7 Å². The summed E-state index contributed by atoms with van der Waals surface area (Å²) in [7, 11) is 0. The number of likely N-dealkylation sites (tertiary alicyclic amines) is 1. The summed E-state index contributed by atoms with van der Waals surface area (Å²) in [6.07, 6.45) is 8.07. The molecule has 2 aliphatic carbocycles. The van der Waals surface area contributed by atoms with Crippen molar-refractivity contribution in [2.45, 2.75) is 64.0 Å². The molecule has 2 saturated carbocycles. The molecular formula is C31H42N6O3. The predicted octanol–water partition coefficient (Wildman–Crippen LogP) is 2.80. The number of nitrogens with zero attached hydrogens (tertiary/aromatic N) is 2. The number of nitrogens with one attached hydrogen (secondary N) is 1. The summed E-state index contributed by atoms with van der Waals surface area (Å²) >= 11 is 0. The highest BCUT2D eigenvalue weighted by molar-refractivity contribution is 5.92. The second-order valence-electron chi connectivity index (χ2n) is 11.1. The van der Waals surface area contributed by atoms with Crippen molar-refractivity contribution in [1.29, 1.82) is 0 Å². The number of amides is 3. The minimum absolute atomic E-state index is 0.140. The molecule has 3 aliphatic rings. The number of aryl methyl sites for hydroxylation is 1. The number of benzene rings is 2. The molecule has 2 aromatic carbocycles. The molecule has 7 N–H and O–H groups in total. The summed E-state index contributed by atoms with van der Waals surface area (Å²) in [6.45, 7) is 2.38. The molecule has 2 unspecified atom stereocenters. The first kappa shape index (κ1) is 29.1. The molecule has 3 amide bonds. The van der Waals surface area contributed by atoms with Crippen LogP contribution in [0.25, 0.3) is 11.1 Å². The monoisotopic (exact) mass is 546 g/mol. The van der Waals surface area contributed by atoms with Crippen LogP contribution in [-0.4, -0.2) is 52.8 Å². The molecule has 3 fully saturated rings. The van der Waals surface area contributed by atoms with E-state index in [9.17, 15) is 14.4 Å². The molecule has 214 valence electrons. The van der Waals surface area contributed by atoms with Gasteiger partial charge in [-0.05, 0) is 62.5 Å². The second kappa shape index (κ2) is 13.5. The van der Waals surface area contributed by atoms with E-state index in [0.29, 0.717) is 24.6 Å². The zero-order valence-corrected chi connectivity index (χ0v) is 23.3. The van der Waals surface area contributed by atoms with Gasteiger partial charge in [0.05, 0.1) is 6.54 Å². The van der Waals surface area contributed by atoms with E-state index in [-0.39, 0.29) is 24.3 Å². The van der Waals surface area contributed by atoms with E-state index in [1.807, 2.05) is 6.07 Å². The third-order valence-corrected chi connectivity index (χ3v) is 7.95. The van der Waals surface area contributed by atoms with Crippen LogP contribution in [0.2, 0.25) is 0 Å². The van der Waals surface area contributed by atoms with Crippen molar-refractivity contribution in [3.63, 3.8) is 0 Å². The summed E-state index contributed by atoms with van der Waals surface area (Å²) in [5.74, 6) is 5.69. The highest BCUT2D eigenvalue weighted by atomic mass is 16.2. The Morgan fingerprint density at radius 2 is 1.60 bits per heavy atom. The van der Waals surface area contributed by atoms with Crippen molar-refractivity contribution in [3.05, 3.63) is 72.1 Å². The normalized spacial score (nSPS) is 19.6. The second-order valence-corrected chi connectivity index (χ2v) is 11.1. The van der Waals surface area contributed by atoms with Gasteiger partial charge in [0, 0.05) is 24.4 Å². The maximum Gasteiger partial charge on any atom is 0.247 e. The fraction of sp³-hybridized carbons (Fsp3) is 0.452. The van der Waals surface area contributed by atoms with Crippen molar-refractivity contribution in [2.75, 3.05) is 13.1 Å². The van der Waals surface area contributed by atoms with Gasteiger partial charge >= 0.3 is 0 Å². The smallest absolute Gasteiger partial charge is 0.247 e. The topological polar surface area (TPSA) is 148 Å². The predicted molar refractivity (Wildman–Crippen MR) is 156 cm³/mol. The van der Waals surface area contributed by atoms with Crippen LogP contribution in [0.4, 0.5) is 0 Å². The molecule has 0 aromatic heterocycles. The quantitative estimate of drug-likeness (QED) is 0.281. The van der Waals surface area contributed by atoms with Crippen molar-refractivity contribution in [1.82, 2.24) is 15.2 Å². The van der Waals surface area contributed by atoms with Crippen molar-refractivity contribution < 1.29 is 14.4 Å². The minimum atomic E-state index is -0.611. The lowest BCUT2D eigenvalue weighted by Crippen LogP contribution is -2.57. The molecule has 2 atom stereocenters. The lowest BCUT2D eigenvalue weighted by atomic mass is 9.79. The maximum atomic E-state index is 13.3. The highest BCUT2D eigenvalue weighted by Gasteiger charge is 2.43. The van der Waals surface area contributed by atoms with Gasteiger partial charge in [0.2, 0.25) is 17.7 Å². The molecule has 1 aliphatic heterocycles. The summed E-state index contributed by atoms with van der Waals surface area (Å²) in [4.78, 5) is 38.2. The molecule has 2 aromatic rings. The number of hydrogen-bond donors (Lipinski definition) is 4. The van der Waals surface area contributed by atoms with Gasteiger partial charge in [0.15, 0.2) is 0 Å². The summed E-state index contributed by atoms with van der Waals surface area (Å²) in [5.41, 5.74) is 15.8. The molecular weight excluding hydrogens is 504 g/mol. The van der Waals surface area contributed by atoms with Crippen molar-refractivity contribution in [3.8, 4) is 11.1 Å². The zero-order valence-electron chi connectivity index (χ0n) is 23.3. The van der Waals surface area contributed by atoms with Gasteiger partial charge in [-0.1, -0.05) is 66.6 Å². The van der Waals surface area contributed by atoms with Gasteiger partial charge in [0.25, 0.3) is 0 Å². The van der Waals surface area contributed by atoms with Gasteiger partial charge in [-0.25, -0.2) is 5.84 Å². The lowest BCUT2D eigenvalue weighted by molar-refractivity contribution is -0.144. The fourth-order valence-electron chi connectivity index (χ4n) is 5.24. The van der Waals surface area contributed by atoms with Crippen LogP contribution >= 0.6 is 0 Å². The largest absolute Gasteiger partial charge is 0.401 e. The minimum Gasteiger partial charge on any atom is -0.401 e. The van der Waals surface area contributed by atoms with Crippen LogP contribution < -0.4 is 22.6 Å². The van der Waals surface area contributed by atoms with Crippen LogP contribution in [0.15, 0.2) is 66.5 Å². The van der Waals surface area contributed by atoms with Gasteiger partial charge in [-0.2, -0.15) is 0 Å². The van der Waals surface area contributed by atoms with E-state index < -0.39 is 18.0 Å². The van der Waals surface area contributed by atoms with E-state index in [0.717, 1.165) is 38.5 Å². The Morgan fingerprint density at radius 3 is 2.17 bits per heavy atom. The molecule has 0 radical (unpaired) electrons. The SMILES string of the molecule is Cc1ccc(-c2ccccc2)cc1.NC(=O)CNC(=O)C1CCCN1C(=O)C(C1CCC1)N(N)/C=C(\N)C1CC1. The molecule has 9 heteroatoms. The average molecular weight is 547 g/mol. The first-order valence-electron chi connectivity index (χ1n) is 14.2. The van der Waals surface area contributed by atoms with E-state index in [2.05, 4.69) is 60.8 Å². The Morgan fingerprint density at radius 1 is 0.950 bits per heavy atom. The third-order valence-electron chi connectivity index (χ3n) is 7.95. The first-order chi connectivity index (χ1) is 19.2. The van der Waals surface area contributed by atoms with E-state index in [1.54, 1.807) is 11.1 Å². The summed E-state index contributed by atoms with van der Waals surface area (Å²) in [5, 5.41) is 3.96. The van der Waals surface area contributed by atoms with Gasteiger partial charge in [-0.3, -0.25) is 14.4 Å². The Bertz CT molecular complexity index is 1190. The molecule has 1 heterocycles. The molecule has 5 rings (SSSR count). The highest BCUT2D eigenvalue weighted by Crippen LogP contribution is 2.36. The maximum absolute atomic E-state index is 13.3. The van der Waals surface area contributed by atoms with Crippen molar-refractivity contribution >= 4 is 17.7 Å². The lowest BCUT2D eigenvalue weighted by Gasteiger charge is -2.40.